The van der Waals surface area contributed by atoms with Crippen molar-refractivity contribution < 1.29 is 4.79 Å². The maximum Gasteiger partial charge on any atom is 0.269 e. The summed E-state index contributed by atoms with van der Waals surface area (Å²) in [7, 11) is 0. The fourth-order valence-corrected chi connectivity index (χ4v) is 2.54. The van der Waals surface area contributed by atoms with E-state index in [-0.39, 0.29) is 16.7 Å². The second-order valence-electron chi connectivity index (χ2n) is 6.06. The molecule has 0 spiro atoms. The lowest BCUT2D eigenvalue weighted by Crippen LogP contribution is -2.32. The van der Waals surface area contributed by atoms with E-state index in [0.717, 1.165) is 12.1 Å². The Labute approximate surface area is 120 Å². The summed E-state index contributed by atoms with van der Waals surface area (Å²) in [5.41, 5.74) is 1.61. The van der Waals surface area contributed by atoms with Gasteiger partial charge in [-0.3, -0.25) is 9.48 Å². The van der Waals surface area contributed by atoms with Crippen LogP contribution in [0, 0.1) is 12.3 Å². The van der Waals surface area contributed by atoms with E-state index in [2.05, 4.69) is 31.2 Å². The lowest BCUT2D eigenvalue weighted by Gasteiger charge is -2.22. The molecule has 1 N–H and O–H groups in total. The molecule has 0 aliphatic rings. The molecule has 0 aromatic carbocycles. The molecule has 0 bridgehead atoms. The molecule has 1 rings (SSSR count). The third kappa shape index (κ3) is 5.23. The van der Waals surface area contributed by atoms with Crippen molar-refractivity contribution in [3.63, 3.8) is 0 Å². The monoisotopic (exact) mass is 285 g/mol. The summed E-state index contributed by atoms with van der Waals surface area (Å²) in [6, 6.07) is 1.80. The number of aromatic nitrogens is 2. The van der Waals surface area contributed by atoms with Gasteiger partial charge in [0.15, 0.2) is 0 Å². The summed E-state index contributed by atoms with van der Waals surface area (Å²) in [6.07, 6.45) is 0.862. The Hall–Kier alpha value is -1.03. The SMILES string of the molecule is CCn1nc(C)cc1C(=O)NCC(Cl)CC(C)(C)C. The smallest absolute Gasteiger partial charge is 0.269 e. The van der Waals surface area contributed by atoms with E-state index >= 15 is 0 Å². The number of hydrogen-bond acceptors (Lipinski definition) is 2. The van der Waals surface area contributed by atoms with Crippen molar-refractivity contribution in [3.8, 4) is 0 Å². The standard InChI is InChI=1S/C14H24ClN3O/c1-6-18-12(7-10(2)17-18)13(19)16-9-11(15)8-14(3,4)5/h7,11H,6,8-9H2,1-5H3,(H,16,19). The minimum atomic E-state index is -0.109. The van der Waals surface area contributed by atoms with E-state index < -0.39 is 0 Å². The van der Waals surface area contributed by atoms with Crippen LogP contribution in [0.1, 0.15) is 50.3 Å². The zero-order chi connectivity index (χ0) is 14.6. The molecule has 0 aliphatic carbocycles. The van der Waals surface area contributed by atoms with Gasteiger partial charge in [-0.25, -0.2) is 0 Å². The van der Waals surface area contributed by atoms with Gasteiger partial charge in [-0.1, -0.05) is 20.8 Å². The van der Waals surface area contributed by atoms with Crippen LogP contribution in [0.15, 0.2) is 6.07 Å². The van der Waals surface area contributed by atoms with E-state index in [1.165, 1.54) is 0 Å². The molecule has 5 heteroatoms. The van der Waals surface area contributed by atoms with Crippen molar-refractivity contribution in [2.45, 2.75) is 53.0 Å². The van der Waals surface area contributed by atoms with Crippen LogP contribution in [0.25, 0.3) is 0 Å². The van der Waals surface area contributed by atoms with Gasteiger partial charge in [-0.2, -0.15) is 5.10 Å². The molecule has 1 atom stereocenters. The largest absolute Gasteiger partial charge is 0.349 e. The van der Waals surface area contributed by atoms with Gasteiger partial charge < -0.3 is 5.32 Å². The summed E-state index contributed by atoms with van der Waals surface area (Å²) >= 11 is 6.24. The Bertz CT molecular complexity index is 434. The quantitative estimate of drug-likeness (QED) is 0.846. The Morgan fingerprint density at radius 3 is 2.68 bits per heavy atom. The van der Waals surface area contributed by atoms with Gasteiger partial charge in [0.2, 0.25) is 0 Å². The second kappa shape index (κ2) is 6.42. The van der Waals surface area contributed by atoms with Gasteiger partial charge in [0.05, 0.1) is 11.1 Å². The first-order valence-corrected chi connectivity index (χ1v) is 7.13. The third-order valence-corrected chi connectivity index (χ3v) is 3.06. The molecule has 19 heavy (non-hydrogen) atoms. The van der Waals surface area contributed by atoms with E-state index in [1.807, 2.05) is 13.8 Å². The van der Waals surface area contributed by atoms with Crippen LogP contribution in [-0.4, -0.2) is 27.6 Å². The molecule has 0 fully saturated rings. The maximum absolute atomic E-state index is 12.1. The summed E-state index contributed by atoms with van der Waals surface area (Å²) < 4.78 is 1.71. The average molecular weight is 286 g/mol. The fourth-order valence-electron chi connectivity index (χ4n) is 2.00. The minimum Gasteiger partial charge on any atom is -0.349 e. The summed E-state index contributed by atoms with van der Waals surface area (Å²) in [5.74, 6) is -0.109. The number of aryl methyl sites for hydroxylation is 2. The van der Waals surface area contributed by atoms with Crippen molar-refractivity contribution in [1.29, 1.82) is 0 Å². The normalized spacial score (nSPS) is 13.4. The van der Waals surface area contributed by atoms with E-state index in [9.17, 15) is 4.79 Å². The maximum atomic E-state index is 12.1. The number of nitrogens with zero attached hydrogens (tertiary/aromatic N) is 2. The predicted octanol–water partition coefficient (Wildman–Crippen LogP) is 2.98. The molecule has 0 saturated carbocycles. The highest BCUT2D eigenvalue weighted by atomic mass is 35.5. The number of hydrogen-bond donors (Lipinski definition) is 1. The first kappa shape index (κ1) is 16.0. The first-order chi connectivity index (χ1) is 8.73. The molecule has 1 heterocycles. The van der Waals surface area contributed by atoms with Crippen LogP contribution in [-0.2, 0) is 6.54 Å². The van der Waals surface area contributed by atoms with Gasteiger partial charge in [-0.15, -0.1) is 11.6 Å². The summed E-state index contributed by atoms with van der Waals surface area (Å²) in [4.78, 5) is 12.1. The molecule has 108 valence electrons. The molecule has 0 aliphatic heterocycles. The molecule has 1 aromatic heterocycles. The molecular weight excluding hydrogens is 262 g/mol. The molecule has 1 unspecified atom stereocenters. The number of rotatable bonds is 5. The van der Waals surface area contributed by atoms with E-state index in [1.54, 1.807) is 10.7 Å². The van der Waals surface area contributed by atoms with E-state index in [4.69, 9.17) is 11.6 Å². The van der Waals surface area contributed by atoms with Gasteiger partial charge in [0.25, 0.3) is 5.91 Å². The lowest BCUT2D eigenvalue weighted by atomic mass is 9.90. The summed E-state index contributed by atoms with van der Waals surface area (Å²) in [5, 5.41) is 7.08. The van der Waals surface area contributed by atoms with Crippen LogP contribution >= 0.6 is 11.6 Å². The number of carbonyl (C=O) groups is 1. The highest BCUT2D eigenvalue weighted by molar-refractivity contribution is 6.21. The van der Waals surface area contributed by atoms with Crippen molar-refractivity contribution in [1.82, 2.24) is 15.1 Å². The van der Waals surface area contributed by atoms with Crippen LogP contribution in [0.2, 0.25) is 0 Å². The van der Waals surface area contributed by atoms with Crippen molar-refractivity contribution in [2.24, 2.45) is 5.41 Å². The molecule has 0 saturated heterocycles. The van der Waals surface area contributed by atoms with Crippen LogP contribution in [0.5, 0.6) is 0 Å². The number of halogens is 1. The first-order valence-electron chi connectivity index (χ1n) is 6.69. The fraction of sp³-hybridized carbons (Fsp3) is 0.714. The van der Waals surface area contributed by atoms with Gasteiger partial charge in [0, 0.05) is 13.1 Å². The Balaban J connectivity index is 2.56. The Kier molecular flexibility index (Phi) is 5.41. The topological polar surface area (TPSA) is 46.9 Å². The Morgan fingerprint density at radius 1 is 1.53 bits per heavy atom. The van der Waals surface area contributed by atoms with Gasteiger partial charge >= 0.3 is 0 Å². The zero-order valence-electron chi connectivity index (χ0n) is 12.5. The predicted molar refractivity (Wildman–Crippen MR) is 78.7 cm³/mol. The molecule has 1 amide bonds. The molecule has 0 radical (unpaired) electrons. The number of amides is 1. The molecular formula is C14H24ClN3O. The van der Waals surface area contributed by atoms with E-state index in [0.29, 0.717) is 18.8 Å². The minimum absolute atomic E-state index is 0.0527. The van der Waals surface area contributed by atoms with Crippen molar-refractivity contribution in [2.75, 3.05) is 6.54 Å². The second-order valence-corrected chi connectivity index (χ2v) is 6.68. The van der Waals surface area contributed by atoms with Crippen LogP contribution < -0.4 is 5.32 Å². The zero-order valence-corrected chi connectivity index (χ0v) is 13.2. The van der Waals surface area contributed by atoms with Gasteiger partial charge in [-0.05, 0) is 31.7 Å². The van der Waals surface area contributed by atoms with Crippen molar-refractivity contribution in [3.05, 3.63) is 17.5 Å². The number of alkyl halides is 1. The highest BCUT2D eigenvalue weighted by Gasteiger charge is 2.19. The lowest BCUT2D eigenvalue weighted by molar-refractivity contribution is 0.0941. The number of nitrogens with one attached hydrogen (secondary N) is 1. The van der Waals surface area contributed by atoms with Crippen molar-refractivity contribution >= 4 is 17.5 Å². The molecule has 4 nitrogen and oxygen atoms in total. The average Bonchev–Trinajstić information content (AvgIpc) is 2.65. The van der Waals surface area contributed by atoms with Crippen LogP contribution in [0.3, 0.4) is 0 Å². The van der Waals surface area contributed by atoms with Crippen LogP contribution in [0.4, 0.5) is 0 Å². The summed E-state index contributed by atoms with van der Waals surface area (Å²) in [6.45, 7) is 11.4. The Morgan fingerprint density at radius 2 is 2.16 bits per heavy atom. The van der Waals surface area contributed by atoms with Gasteiger partial charge in [0.1, 0.15) is 5.69 Å². The number of carbonyl (C=O) groups excluding carboxylic acids is 1. The molecule has 1 aromatic rings. The highest BCUT2D eigenvalue weighted by Crippen LogP contribution is 2.23. The third-order valence-electron chi connectivity index (χ3n) is 2.75.